The molecule has 22 heavy (non-hydrogen) atoms. The zero-order chi connectivity index (χ0) is 16.5. The minimum absolute atomic E-state index is 0.0542. The van der Waals surface area contributed by atoms with Crippen LogP contribution >= 0.6 is 0 Å². The summed E-state index contributed by atoms with van der Waals surface area (Å²) in [6.45, 7) is 11.4. The Kier molecular flexibility index (Phi) is 15.5. The lowest BCUT2D eigenvalue weighted by Crippen LogP contribution is -2.24. The monoisotopic (exact) mass is 320 g/mol. The zero-order valence-electron chi connectivity index (χ0n) is 14.8. The van der Waals surface area contributed by atoms with Crippen LogP contribution in [0, 0.1) is 5.41 Å². The van der Waals surface area contributed by atoms with Crippen molar-refractivity contribution in [3.05, 3.63) is 0 Å². The molecule has 0 rings (SSSR count). The number of ether oxygens (including phenoxy) is 4. The maximum absolute atomic E-state index is 8.52. The lowest BCUT2D eigenvalue weighted by Gasteiger charge is -2.27. The van der Waals surface area contributed by atoms with E-state index in [9.17, 15) is 0 Å². The number of unbranched alkanes of at least 4 members (excludes halogenated alkanes) is 1. The lowest BCUT2D eigenvalue weighted by molar-refractivity contribution is -0.0187. The molecule has 0 saturated carbocycles. The molecule has 0 aliphatic carbocycles. The Balaban J connectivity index is 3.31. The molecule has 0 radical (unpaired) electrons. The molecule has 0 amide bonds. The first-order valence-electron chi connectivity index (χ1n) is 8.60. The van der Waals surface area contributed by atoms with Crippen LogP contribution in [0.25, 0.3) is 0 Å². The van der Waals surface area contributed by atoms with Crippen molar-refractivity contribution in [2.75, 3.05) is 59.5 Å². The Hall–Kier alpha value is -0.200. The van der Waals surface area contributed by atoms with E-state index in [0.29, 0.717) is 51.7 Å². The van der Waals surface area contributed by atoms with Crippen molar-refractivity contribution in [2.24, 2.45) is 5.41 Å². The Morgan fingerprint density at radius 1 is 0.773 bits per heavy atom. The maximum atomic E-state index is 8.52. The van der Waals surface area contributed by atoms with Crippen LogP contribution in [0.3, 0.4) is 0 Å². The SMILES string of the molecule is CCCCC(C)(CC)COCCOCCOCCOCCO. The fourth-order valence-electron chi connectivity index (χ4n) is 2.00. The Bertz CT molecular complexity index is 225. The first kappa shape index (κ1) is 21.8. The molecule has 0 spiro atoms. The average Bonchev–Trinajstić information content (AvgIpc) is 2.54. The molecule has 5 heteroatoms. The molecule has 0 fully saturated rings. The molecule has 0 aromatic rings. The van der Waals surface area contributed by atoms with E-state index < -0.39 is 0 Å². The highest BCUT2D eigenvalue weighted by atomic mass is 16.6. The smallest absolute Gasteiger partial charge is 0.0701 e. The highest BCUT2D eigenvalue weighted by Gasteiger charge is 2.21. The van der Waals surface area contributed by atoms with Gasteiger partial charge in [-0.3, -0.25) is 0 Å². The third-order valence-electron chi connectivity index (χ3n) is 3.79. The Labute approximate surface area is 136 Å². The molecule has 0 heterocycles. The van der Waals surface area contributed by atoms with Gasteiger partial charge in [-0.25, -0.2) is 0 Å². The van der Waals surface area contributed by atoms with E-state index in [-0.39, 0.29) is 6.61 Å². The molecule has 0 bridgehead atoms. The van der Waals surface area contributed by atoms with Crippen molar-refractivity contribution < 1.29 is 24.1 Å². The normalized spacial score (nSPS) is 14.2. The summed E-state index contributed by atoms with van der Waals surface area (Å²) in [5.74, 6) is 0. The molecule has 134 valence electrons. The molecule has 1 N–H and O–H groups in total. The van der Waals surface area contributed by atoms with Crippen molar-refractivity contribution in [2.45, 2.75) is 46.5 Å². The van der Waals surface area contributed by atoms with Crippen LogP contribution in [0.2, 0.25) is 0 Å². The van der Waals surface area contributed by atoms with Crippen LogP contribution in [0.1, 0.15) is 46.5 Å². The van der Waals surface area contributed by atoms with E-state index in [1.54, 1.807) is 0 Å². The Morgan fingerprint density at radius 3 is 1.73 bits per heavy atom. The van der Waals surface area contributed by atoms with E-state index in [4.69, 9.17) is 24.1 Å². The maximum Gasteiger partial charge on any atom is 0.0701 e. The van der Waals surface area contributed by atoms with E-state index in [2.05, 4.69) is 20.8 Å². The van der Waals surface area contributed by atoms with Gasteiger partial charge in [0.2, 0.25) is 0 Å². The third-order valence-corrected chi connectivity index (χ3v) is 3.79. The van der Waals surface area contributed by atoms with Gasteiger partial charge in [0.25, 0.3) is 0 Å². The van der Waals surface area contributed by atoms with Gasteiger partial charge in [-0.15, -0.1) is 0 Å². The van der Waals surface area contributed by atoms with Gasteiger partial charge >= 0.3 is 0 Å². The fraction of sp³-hybridized carbons (Fsp3) is 1.00. The molecule has 0 saturated heterocycles. The minimum Gasteiger partial charge on any atom is -0.394 e. The molecule has 0 aliphatic rings. The molecule has 1 unspecified atom stereocenters. The molecule has 0 aromatic carbocycles. The molecule has 0 aromatic heterocycles. The van der Waals surface area contributed by atoms with Gasteiger partial charge in [0.1, 0.15) is 0 Å². The van der Waals surface area contributed by atoms with E-state index in [1.165, 1.54) is 19.3 Å². The summed E-state index contributed by atoms with van der Waals surface area (Å²) < 4.78 is 21.6. The molecular formula is C17H36O5. The summed E-state index contributed by atoms with van der Waals surface area (Å²) in [5, 5.41) is 8.52. The second-order valence-electron chi connectivity index (χ2n) is 5.88. The predicted molar refractivity (Wildman–Crippen MR) is 88.3 cm³/mol. The van der Waals surface area contributed by atoms with Crippen LogP contribution in [-0.4, -0.2) is 64.6 Å². The molecule has 5 nitrogen and oxygen atoms in total. The second-order valence-corrected chi connectivity index (χ2v) is 5.88. The van der Waals surface area contributed by atoms with Crippen molar-refractivity contribution >= 4 is 0 Å². The molecule has 1 atom stereocenters. The third kappa shape index (κ3) is 13.5. The van der Waals surface area contributed by atoms with Crippen LogP contribution in [0.5, 0.6) is 0 Å². The van der Waals surface area contributed by atoms with Gasteiger partial charge in [-0.2, -0.15) is 0 Å². The summed E-state index contributed by atoms with van der Waals surface area (Å²) in [4.78, 5) is 0. The van der Waals surface area contributed by atoms with Gasteiger partial charge < -0.3 is 24.1 Å². The molecular weight excluding hydrogens is 284 g/mol. The van der Waals surface area contributed by atoms with E-state index in [1.807, 2.05) is 0 Å². The standard InChI is InChI=1S/C17H36O5/c1-4-6-7-17(3,5-2)16-22-15-14-21-13-12-20-11-10-19-9-8-18/h18H,4-16H2,1-3H3. The summed E-state index contributed by atoms with van der Waals surface area (Å²) in [6, 6.07) is 0. The molecule has 0 aliphatic heterocycles. The van der Waals surface area contributed by atoms with Crippen molar-refractivity contribution in [3.63, 3.8) is 0 Å². The number of hydrogen-bond acceptors (Lipinski definition) is 5. The summed E-state index contributed by atoms with van der Waals surface area (Å²) >= 11 is 0. The Morgan fingerprint density at radius 2 is 1.27 bits per heavy atom. The minimum atomic E-state index is 0.0542. The number of aliphatic hydroxyl groups excluding tert-OH is 1. The first-order valence-corrected chi connectivity index (χ1v) is 8.60. The summed E-state index contributed by atoms with van der Waals surface area (Å²) in [6.07, 6.45) is 4.89. The zero-order valence-corrected chi connectivity index (χ0v) is 14.8. The number of hydrogen-bond donors (Lipinski definition) is 1. The van der Waals surface area contributed by atoms with Gasteiger partial charge in [0, 0.05) is 0 Å². The quantitative estimate of drug-likeness (QED) is 0.418. The second kappa shape index (κ2) is 15.7. The van der Waals surface area contributed by atoms with Crippen LogP contribution in [-0.2, 0) is 18.9 Å². The topological polar surface area (TPSA) is 57.2 Å². The largest absolute Gasteiger partial charge is 0.394 e. The fourth-order valence-corrected chi connectivity index (χ4v) is 2.00. The number of rotatable bonds is 17. The van der Waals surface area contributed by atoms with E-state index >= 15 is 0 Å². The lowest BCUT2D eigenvalue weighted by atomic mass is 9.83. The van der Waals surface area contributed by atoms with Crippen LogP contribution in [0.4, 0.5) is 0 Å². The average molecular weight is 320 g/mol. The van der Waals surface area contributed by atoms with Crippen molar-refractivity contribution in [1.29, 1.82) is 0 Å². The van der Waals surface area contributed by atoms with Gasteiger partial charge in [-0.05, 0) is 18.3 Å². The van der Waals surface area contributed by atoms with Crippen molar-refractivity contribution in [3.8, 4) is 0 Å². The van der Waals surface area contributed by atoms with Gasteiger partial charge in [0.05, 0.1) is 59.5 Å². The van der Waals surface area contributed by atoms with Gasteiger partial charge in [-0.1, -0.05) is 33.6 Å². The summed E-state index contributed by atoms with van der Waals surface area (Å²) in [5.41, 5.74) is 0.299. The van der Waals surface area contributed by atoms with Crippen molar-refractivity contribution in [1.82, 2.24) is 0 Å². The summed E-state index contributed by atoms with van der Waals surface area (Å²) in [7, 11) is 0. The highest BCUT2D eigenvalue weighted by molar-refractivity contribution is 4.71. The van der Waals surface area contributed by atoms with Crippen LogP contribution < -0.4 is 0 Å². The highest BCUT2D eigenvalue weighted by Crippen LogP contribution is 2.28. The van der Waals surface area contributed by atoms with Crippen LogP contribution in [0.15, 0.2) is 0 Å². The predicted octanol–water partition coefficient (Wildman–Crippen LogP) is 2.65. The first-order chi connectivity index (χ1) is 10.7. The number of aliphatic hydroxyl groups is 1. The van der Waals surface area contributed by atoms with E-state index in [0.717, 1.165) is 13.0 Å². The van der Waals surface area contributed by atoms with Gasteiger partial charge in [0.15, 0.2) is 0 Å².